The maximum Gasteiger partial charge on any atom is 0.124 e. The molecule has 1 aliphatic heterocycles. The number of aromatic nitrogens is 1. The van der Waals surface area contributed by atoms with Crippen LogP contribution in [0.2, 0.25) is 0 Å². The molecule has 1 aromatic heterocycles. The maximum absolute atomic E-state index is 13.9. The lowest BCUT2D eigenvalue weighted by molar-refractivity contribution is 0.300. The van der Waals surface area contributed by atoms with Crippen molar-refractivity contribution in [3.63, 3.8) is 0 Å². The van der Waals surface area contributed by atoms with E-state index in [4.69, 9.17) is 0 Å². The summed E-state index contributed by atoms with van der Waals surface area (Å²) in [5.41, 5.74) is 2.59. The highest BCUT2D eigenvalue weighted by Gasteiger charge is 2.27. The van der Waals surface area contributed by atoms with E-state index in [9.17, 15) is 4.39 Å². The molecule has 0 bridgehead atoms. The zero-order valence-corrected chi connectivity index (χ0v) is 13.1. The van der Waals surface area contributed by atoms with Crippen molar-refractivity contribution in [1.29, 1.82) is 0 Å². The summed E-state index contributed by atoms with van der Waals surface area (Å²) < 4.78 is 13.9. The van der Waals surface area contributed by atoms with E-state index in [-0.39, 0.29) is 5.82 Å². The third-order valence-corrected chi connectivity index (χ3v) is 4.56. The highest BCUT2D eigenvalue weighted by atomic mass is 19.1. The van der Waals surface area contributed by atoms with E-state index in [1.807, 2.05) is 24.3 Å². The molecule has 0 amide bonds. The average Bonchev–Trinajstić information content (AvgIpc) is 2.85. The summed E-state index contributed by atoms with van der Waals surface area (Å²) in [6, 6.07) is 11.8. The van der Waals surface area contributed by atoms with E-state index in [1.54, 1.807) is 12.3 Å². The summed E-state index contributed by atoms with van der Waals surface area (Å²) >= 11 is 0. The number of benzene rings is 1. The Kier molecular flexibility index (Phi) is 4.50. The van der Waals surface area contributed by atoms with Crippen molar-refractivity contribution in [3.05, 3.63) is 54.0 Å². The topological polar surface area (TPSA) is 28.2 Å². The number of nitrogens with zero attached hydrogens (tertiary/aromatic N) is 2. The summed E-state index contributed by atoms with van der Waals surface area (Å²) in [5.74, 6) is -0.212. The van der Waals surface area contributed by atoms with Crippen LogP contribution >= 0.6 is 0 Å². The number of hydrogen-bond donors (Lipinski definition) is 1. The highest BCUT2D eigenvalue weighted by molar-refractivity contribution is 5.59. The van der Waals surface area contributed by atoms with Gasteiger partial charge in [0.1, 0.15) is 5.82 Å². The number of nitrogens with one attached hydrogen (secondary N) is 1. The standard InChI is InChI=1S/C18H22FN3/c1-13-17(6-8-22(13)2)21-12-14-9-15(11-16(19)10-14)18-5-3-4-7-20-18/h3-5,7,9-11,13,17,21H,6,8,12H2,1-2H3. The largest absolute Gasteiger partial charge is 0.308 e. The molecule has 1 aromatic carbocycles. The summed E-state index contributed by atoms with van der Waals surface area (Å²) in [4.78, 5) is 6.65. The number of pyridine rings is 1. The van der Waals surface area contributed by atoms with Gasteiger partial charge in [0.15, 0.2) is 0 Å². The van der Waals surface area contributed by atoms with Gasteiger partial charge in [0.05, 0.1) is 5.69 Å². The molecule has 1 N–H and O–H groups in total. The molecule has 2 atom stereocenters. The zero-order chi connectivity index (χ0) is 15.5. The van der Waals surface area contributed by atoms with Gasteiger partial charge in [-0.3, -0.25) is 4.98 Å². The number of hydrogen-bond acceptors (Lipinski definition) is 3. The van der Waals surface area contributed by atoms with E-state index in [1.165, 1.54) is 6.07 Å². The molecule has 0 radical (unpaired) electrons. The first kappa shape index (κ1) is 15.1. The second-order valence-electron chi connectivity index (χ2n) is 6.06. The first-order valence-corrected chi connectivity index (χ1v) is 7.78. The predicted molar refractivity (Wildman–Crippen MR) is 87.0 cm³/mol. The van der Waals surface area contributed by atoms with Gasteiger partial charge in [0.25, 0.3) is 0 Å². The number of rotatable bonds is 4. The number of halogens is 1. The van der Waals surface area contributed by atoms with Crippen LogP contribution in [0.3, 0.4) is 0 Å². The predicted octanol–water partition coefficient (Wildman–Crippen LogP) is 3.07. The fourth-order valence-electron chi connectivity index (χ4n) is 3.05. The summed E-state index contributed by atoms with van der Waals surface area (Å²) in [6.07, 6.45) is 2.87. The van der Waals surface area contributed by atoms with Crippen LogP contribution in [0.1, 0.15) is 18.9 Å². The Labute approximate surface area is 131 Å². The molecule has 0 spiro atoms. The minimum Gasteiger partial charge on any atom is -0.308 e. The molecule has 116 valence electrons. The Bertz CT molecular complexity index is 629. The van der Waals surface area contributed by atoms with Gasteiger partial charge in [-0.15, -0.1) is 0 Å². The lowest BCUT2D eigenvalue weighted by Gasteiger charge is -2.21. The maximum atomic E-state index is 13.9. The Morgan fingerprint density at radius 2 is 2.18 bits per heavy atom. The highest BCUT2D eigenvalue weighted by Crippen LogP contribution is 2.21. The first-order valence-electron chi connectivity index (χ1n) is 7.78. The van der Waals surface area contributed by atoms with Crippen molar-refractivity contribution in [3.8, 4) is 11.3 Å². The van der Waals surface area contributed by atoms with Crippen molar-refractivity contribution in [2.45, 2.75) is 32.0 Å². The molecule has 2 heterocycles. The second kappa shape index (κ2) is 6.55. The number of likely N-dealkylation sites (tertiary alicyclic amines) is 1. The lowest BCUT2D eigenvalue weighted by Crippen LogP contribution is -2.38. The molecule has 1 saturated heterocycles. The van der Waals surface area contributed by atoms with Crippen LogP contribution in [-0.2, 0) is 6.54 Å². The molecule has 0 saturated carbocycles. The Hall–Kier alpha value is -1.78. The van der Waals surface area contributed by atoms with E-state index in [0.29, 0.717) is 18.6 Å². The molecule has 3 nitrogen and oxygen atoms in total. The fourth-order valence-corrected chi connectivity index (χ4v) is 3.05. The van der Waals surface area contributed by atoms with Gasteiger partial charge in [-0.05, 0) is 62.8 Å². The summed E-state index contributed by atoms with van der Waals surface area (Å²) in [7, 11) is 2.15. The number of likely N-dealkylation sites (N-methyl/N-ethyl adjacent to an activating group) is 1. The Morgan fingerprint density at radius 1 is 1.32 bits per heavy atom. The van der Waals surface area contributed by atoms with Gasteiger partial charge in [-0.1, -0.05) is 6.07 Å². The van der Waals surface area contributed by atoms with Gasteiger partial charge < -0.3 is 10.2 Å². The zero-order valence-electron chi connectivity index (χ0n) is 13.1. The third kappa shape index (κ3) is 3.34. The van der Waals surface area contributed by atoms with Crippen molar-refractivity contribution < 1.29 is 4.39 Å². The fraction of sp³-hybridized carbons (Fsp3) is 0.389. The van der Waals surface area contributed by atoms with Crippen LogP contribution in [0, 0.1) is 5.82 Å². The van der Waals surface area contributed by atoms with Gasteiger partial charge >= 0.3 is 0 Å². The molecule has 2 unspecified atom stereocenters. The van der Waals surface area contributed by atoms with E-state index in [0.717, 1.165) is 29.8 Å². The van der Waals surface area contributed by atoms with Gasteiger partial charge in [0.2, 0.25) is 0 Å². The third-order valence-electron chi connectivity index (χ3n) is 4.56. The molecule has 1 aliphatic rings. The SMILES string of the molecule is CC1C(NCc2cc(F)cc(-c3ccccn3)c2)CCN1C. The molecular weight excluding hydrogens is 277 g/mol. The van der Waals surface area contributed by atoms with Crippen LogP contribution in [0.4, 0.5) is 4.39 Å². The molecular formula is C18H22FN3. The van der Waals surface area contributed by atoms with Gasteiger partial charge in [-0.25, -0.2) is 4.39 Å². The van der Waals surface area contributed by atoms with Crippen molar-refractivity contribution >= 4 is 0 Å². The molecule has 2 aromatic rings. The van der Waals surface area contributed by atoms with Crippen molar-refractivity contribution in [2.75, 3.05) is 13.6 Å². The molecule has 0 aliphatic carbocycles. The minimum absolute atomic E-state index is 0.212. The van der Waals surface area contributed by atoms with E-state index >= 15 is 0 Å². The normalized spacial score (nSPS) is 22.1. The minimum atomic E-state index is -0.212. The Morgan fingerprint density at radius 3 is 2.86 bits per heavy atom. The molecule has 22 heavy (non-hydrogen) atoms. The van der Waals surface area contributed by atoms with E-state index < -0.39 is 0 Å². The monoisotopic (exact) mass is 299 g/mol. The molecule has 3 rings (SSSR count). The lowest BCUT2D eigenvalue weighted by atomic mass is 10.1. The van der Waals surface area contributed by atoms with Crippen molar-refractivity contribution in [2.24, 2.45) is 0 Å². The smallest absolute Gasteiger partial charge is 0.124 e. The van der Waals surface area contributed by atoms with Gasteiger partial charge in [0, 0.05) is 30.4 Å². The van der Waals surface area contributed by atoms with Crippen molar-refractivity contribution in [1.82, 2.24) is 15.2 Å². The quantitative estimate of drug-likeness (QED) is 0.940. The van der Waals surface area contributed by atoms with Crippen LogP contribution in [0.15, 0.2) is 42.6 Å². The van der Waals surface area contributed by atoms with E-state index in [2.05, 4.69) is 29.2 Å². The average molecular weight is 299 g/mol. The first-order chi connectivity index (χ1) is 10.6. The van der Waals surface area contributed by atoms with Crippen LogP contribution in [-0.4, -0.2) is 35.6 Å². The Balaban J connectivity index is 1.73. The summed E-state index contributed by atoms with van der Waals surface area (Å²) in [5, 5.41) is 3.56. The van der Waals surface area contributed by atoms with Crippen LogP contribution in [0.5, 0.6) is 0 Å². The molecule has 1 fully saturated rings. The summed E-state index contributed by atoms with van der Waals surface area (Å²) in [6.45, 7) is 4.02. The second-order valence-corrected chi connectivity index (χ2v) is 6.06. The van der Waals surface area contributed by atoms with Gasteiger partial charge in [-0.2, -0.15) is 0 Å². The van der Waals surface area contributed by atoms with Crippen LogP contribution in [0.25, 0.3) is 11.3 Å². The van der Waals surface area contributed by atoms with Crippen LogP contribution < -0.4 is 5.32 Å². The molecule has 4 heteroatoms.